The van der Waals surface area contributed by atoms with E-state index in [-0.39, 0.29) is 11.7 Å². The van der Waals surface area contributed by atoms with Gasteiger partial charge in [0.25, 0.3) is 0 Å². The number of oxime groups is 1. The van der Waals surface area contributed by atoms with E-state index in [1.54, 1.807) is 6.92 Å². The van der Waals surface area contributed by atoms with E-state index in [0.29, 0.717) is 5.69 Å². The normalized spacial score (nSPS) is 13.2. The Morgan fingerprint density at radius 2 is 2.11 bits per heavy atom. The second-order valence-corrected chi connectivity index (χ2v) is 5.03. The molecule has 1 rings (SSSR count). The highest BCUT2D eigenvalue weighted by atomic mass is 79.9. The summed E-state index contributed by atoms with van der Waals surface area (Å²) < 4.78 is 0.806. The van der Waals surface area contributed by atoms with E-state index in [1.165, 1.54) is 0 Å². The molecule has 98 valence electrons. The van der Waals surface area contributed by atoms with Gasteiger partial charge in [-0.3, -0.25) is 4.79 Å². The summed E-state index contributed by atoms with van der Waals surface area (Å²) in [7, 11) is 0. The van der Waals surface area contributed by atoms with Crippen molar-refractivity contribution in [3.8, 4) is 0 Å². The van der Waals surface area contributed by atoms with Crippen LogP contribution in [-0.2, 0) is 4.79 Å². The summed E-state index contributed by atoms with van der Waals surface area (Å²) in [5.41, 5.74) is 8.14. The van der Waals surface area contributed by atoms with Crippen LogP contribution in [0.4, 0.5) is 5.69 Å². The minimum Gasteiger partial charge on any atom is -0.409 e. The van der Waals surface area contributed by atoms with Crippen LogP contribution in [0.3, 0.4) is 0 Å². The van der Waals surface area contributed by atoms with Gasteiger partial charge in [-0.15, -0.1) is 0 Å². The number of hydrogen-bond acceptors (Lipinski definition) is 3. The molecule has 6 heteroatoms. The van der Waals surface area contributed by atoms with Crippen LogP contribution in [-0.4, -0.2) is 17.0 Å². The monoisotopic (exact) mass is 313 g/mol. The van der Waals surface area contributed by atoms with Crippen LogP contribution < -0.4 is 11.1 Å². The predicted molar refractivity (Wildman–Crippen MR) is 74.8 cm³/mol. The van der Waals surface area contributed by atoms with Crippen molar-refractivity contribution in [2.24, 2.45) is 16.8 Å². The van der Waals surface area contributed by atoms with Gasteiger partial charge >= 0.3 is 0 Å². The van der Waals surface area contributed by atoms with E-state index in [0.717, 1.165) is 15.6 Å². The number of rotatable bonds is 3. The lowest BCUT2D eigenvalue weighted by Gasteiger charge is -2.14. The summed E-state index contributed by atoms with van der Waals surface area (Å²) in [6.45, 7) is 5.45. The third-order valence-electron chi connectivity index (χ3n) is 2.63. The quantitative estimate of drug-likeness (QED) is 0.346. The molecular weight excluding hydrogens is 298 g/mol. The van der Waals surface area contributed by atoms with Crippen molar-refractivity contribution < 1.29 is 10.0 Å². The summed E-state index contributed by atoms with van der Waals surface area (Å²) in [5, 5.41) is 14.1. The van der Waals surface area contributed by atoms with Crippen LogP contribution in [0, 0.1) is 19.8 Å². The molecule has 1 aromatic rings. The topological polar surface area (TPSA) is 87.7 Å². The molecule has 0 aromatic heterocycles. The fraction of sp³-hybridized carbons (Fsp3) is 0.333. The molecular formula is C12H16BrN3O2. The first-order chi connectivity index (χ1) is 8.36. The van der Waals surface area contributed by atoms with Gasteiger partial charge in [-0.2, -0.15) is 0 Å². The molecule has 18 heavy (non-hydrogen) atoms. The summed E-state index contributed by atoms with van der Waals surface area (Å²) >= 11 is 3.40. The van der Waals surface area contributed by atoms with Gasteiger partial charge in [-0.05, 0) is 53.9 Å². The highest BCUT2D eigenvalue weighted by Gasteiger charge is 2.19. The fourth-order valence-corrected chi connectivity index (χ4v) is 2.30. The Bertz CT molecular complexity index is 477. The Hall–Kier alpha value is -1.56. The Labute approximate surface area is 114 Å². The summed E-state index contributed by atoms with van der Waals surface area (Å²) in [4.78, 5) is 11.9. The lowest BCUT2D eigenvalue weighted by molar-refractivity contribution is -0.117. The van der Waals surface area contributed by atoms with E-state index in [4.69, 9.17) is 10.9 Å². The lowest BCUT2D eigenvalue weighted by Crippen LogP contribution is -2.32. The fourth-order valence-electron chi connectivity index (χ4n) is 1.53. The maximum Gasteiger partial charge on any atom is 0.234 e. The van der Waals surface area contributed by atoms with Gasteiger partial charge in [0.1, 0.15) is 0 Å². The van der Waals surface area contributed by atoms with Crippen molar-refractivity contribution in [3.63, 3.8) is 0 Å². The molecule has 0 fully saturated rings. The Morgan fingerprint density at radius 1 is 1.50 bits per heavy atom. The van der Waals surface area contributed by atoms with Crippen LogP contribution >= 0.6 is 15.9 Å². The van der Waals surface area contributed by atoms with Crippen LogP contribution in [0.2, 0.25) is 0 Å². The molecule has 0 spiro atoms. The first kappa shape index (κ1) is 14.5. The summed E-state index contributed by atoms with van der Waals surface area (Å²) in [6.07, 6.45) is 0. The highest BCUT2D eigenvalue weighted by molar-refractivity contribution is 9.10. The van der Waals surface area contributed by atoms with Crippen molar-refractivity contribution in [3.05, 3.63) is 27.7 Å². The summed E-state index contributed by atoms with van der Waals surface area (Å²) in [5.74, 6) is -1.13. The first-order valence-electron chi connectivity index (χ1n) is 5.41. The second-order valence-electron chi connectivity index (χ2n) is 4.17. The van der Waals surface area contributed by atoms with Crippen molar-refractivity contribution in [1.82, 2.24) is 0 Å². The minimum absolute atomic E-state index is 0.117. The van der Waals surface area contributed by atoms with Crippen molar-refractivity contribution in [1.29, 1.82) is 0 Å². The second kappa shape index (κ2) is 5.86. The van der Waals surface area contributed by atoms with Gasteiger partial charge in [0, 0.05) is 4.47 Å². The van der Waals surface area contributed by atoms with Crippen molar-refractivity contribution >= 4 is 33.4 Å². The molecule has 1 aromatic carbocycles. The first-order valence-corrected chi connectivity index (χ1v) is 6.21. The number of nitrogens with one attached hydrogen (secondary N) is 1. The molecule has 0 heterocycles. The average Bonchev–Trinajstić information content (AvgIpc) is 2.31. The number of benzene rings is 1. The van der Waals surface area contributed by atoms with E-state index < -0.39 is 5.92 Å². The van der Waals surface area contributed by atoms with E-state index in [9.17, 15) is 4.79 Å². The zero-order valence-corrected chi connectivity index (χ0v) is 12.1. The molecule has 0 aliphatic rings. The van der Waals surface area contributed by atoms with Crippen molar-refractivity contribution in [2.45, 2.75) is 20.8 Å². The van der Waals surface area contributed by atoms with E-state index in [2.05, 4.69) is 26.4 Å². The van der Waals surface area contributed by atoms with E-state index >= 15 is 0 Å². The molecule has 0 saturated heterocycles. The number of amides is 1. The van der Waals surface area contributed by atoms with Gasteiger partial charge < -0.3 is 16.3 Å². The number of nitrogens with two attached hydrogens (primary N) is 1. The number of carbonyl (C=O) groups excluding carboxylic acids is 1. The Kier molecular flexibility index (Phi) is 4.72. The average molecular weight is 314 g/mol. The molecule has 0 aliphatic heterocycles. The standard InChI is InChI=1S/C12H16BrN3O2/c1-6-4-7(2)10(9(13)5-6)15-12(17)8(3)11(14)16-18/h4-5,8,18H,1-3H3,(H2,14,16)(H,15,17). The SMILES string of the molecule is Cc1cc(C)c(NC(=O)C(C)C(N)=NO)c(Br)c1. The molecule has 1 amide bonds. The third-order valence-corrected chi connectivity index (χ3v) is 3.26. The molecule has 0 aliphatic carbocycles. The molecule has 0 saturated carbocycles. The maximum atomic E-state index is 11.9. The van der Waals surface area contributed by atoms with Gasteiger partial charge in [0.2, 0.25) is 5.91 Å². The van der Waals surface area contributed by atoms with Crippen LogP contribution in [0.1, 0.15) is 18.1 Å². The molecule has 1 atom stereocenters. The largest absolute Gasteiger partial charge is 0.409 e. The number of amidine groups is 1. The molecule has 5 nitrogen and oxygen atoms in total. The number of carbonyl (C=O) groups is 1. The molecule has 0 bridgehead atoms. The van der Waals surface area contributed by atoms with Crippen LogP contribution in [0.25, 0.3) is 0 Å². The molecule has 4 N–H and O–H groups in total. The number of halogens is 1. The zero-order chi connectivity index (χ0) is 13.9. The number of hydrogen-bond donors (Lipinski definition) is 3. The van der Waals surface area contributed by atoms with Gasteiger partial charge in [0.15, 0.2) is 5.84 Å². The number of aryl methyl sites for hydroxylation is 2. The highest BCUT2D eigenvalue weighted by Crippen LogP contribution is 2.28. The molecule has 0 radical (unpaired) electrons. The van der Waals surface area contributed by atoms with Gasteiger partial charge in [-0.25, -0.2) is 0 Å². The number of anilines is 1. The zero-order valence-electron chi connectivity index (χ0n) is 10.5. The van der Waals surface area contributed by atoms with Crippen molar-refractivity contribution in [2.75, 3.05) is 5.32 Å². The third kappa shape index (κ3) is 3.22. The minimum atomic E-state index is -0.692. The Morgan fingerprint density at radius 3 is 2.61 bits per heavy atom. The van der Waals surface area contributed by atoms with E-state index in [1.807, 2.05) is 26.0 Å². The van der Waals surface area contributed by atoms with Gasteiger partial charge in [0.05, 0.1) is 11.6 Å². The smallest absolute Gasteiger partial charge is 0.234 e. The Balaban J connectivity index is 2.96. The lowest BCUT2D eigenvalue weighted by atomic mass is 10.1. The maximum absolute atomic E-state index is 11.9. The predicted octanol–water partition coefficient (Wildman–Crippen LogP) is 2.39. The summed E-state index contributed by atoms with van der Waals surface area (Å²) in [6, 6.07) is 3.88. The van der Waals surface area contributed by atoms with Gasteiger partial charge in [-0.1, -0.05) is 11.2 Å². The number of nitrogens with zero attached hydrogens (tertiary/aromatic N) is 1. The molecule has 1 unspecified atom stereocenters. The van der Waals surface area contributed by atoms with Crippen LogP contribution in [0.15, 0.2) is 21.8 Å². The van der Waals surface area contributed by atoms with Crippen LogP contribution in [0.5, 0.6) is 0 Å².